The minimum Gasteiger partial charge on any atom is -0.481 e. The highest BCUT2D eigenvalue weighted by atomic mass is 32.1. The van der Waals surface area contributed by atoms with Crippen LogP contribution in [-0.4, -0.2) is 17.2 Å². The van der Waals surface area contributed by atoms with Gasteiger partial charge >= 0.3 is 0 Å². The molecule has 0 bridgehead atoms. The number of hydrogen-bond donors (Lipinski definition) is 1. The van der Waals surface area contributed by atoms with Crippen LogP contribution in [0.1, 0.15) is 22.1 Å². The van der Waals surface area contributed by atoms with Crippen molar-refractivity contribution in [2.75, 3.05) is 7.11 Å². The number of rotatable bonds is 3. The summed E-state index contributed by atoms with van der Waals surface area (Å²) in [5, 5.41) is 12.2. The number of methoxy groups -OCH3 is 1. The largest absolute Gasteiger partial charge is 0.481 e. The summed E-state index contributed by atoms with van der Waals surface area (Å²) >= 11 is 1.62. The summed E-state index contributed by atoms with van der Waals surface area (Å²) in [6.07, 6.45) is 0.974. The monoisotopic (exact) mass is 235 g/mol. The summed E-state index contributed by atoms with van der Waals surface area (Å²) in [5.41, 5.74) is 1.58. The summed E-state index contributed by atoms with van der Waals surface area (Å²) in [7, 11) is 1.55. The third-order valence-electron chi connectivity index (χ3n) is 2.36. The van der Waals surface area contributed by atoms with Crippen LogP contribution in [-0.2, 0) is 0 Å². The molecule has 1 unspecified atom stereocenters. The second kappa shape index (κ2) is 4.63. The number of aromatic nitrogens is 1. The van der Waals surface area contributed by atoms with E-state index in [-0.39, 0.29) is 0 Å². The predicted molar refractivity (Wildman–Crippen MR) is 63.9 cm³/mol. The fraction of sp³-hybridized carbons (Fsp3) is 0.250. The van der Waals surface area contributed by atoms with Crippen LogP contribution in [0.25, 0.3) is 0 Å². The van der Waals surface area contributed by atoms with Crippen molar-refractivity contribution in [3.63, 3.8) is 0 Å². The lowest BCUT2D eigenvalue weighted by molar-refractivity contribution is 0.213. The average Bonchev–Trinajstić information content (AvgIpc) is 2.75. The molecule has 2 aromatic heterocycles. The highest BCUT2D eigenvalue weighted by Gasteiger charge is 2.16. The van der Waals surface area contributed by atoms with Gasteiger partial charge in [0.15, 0.2) is 0 Å². The minimum absolute atomic E-state index is 0.471. The maximum absolute atomic E-state index is 10.2. The quantitative estimate of drug-likeness (QED) is 0.889. The molecule has 0 saturated carbocycles. The first kappa shape index (κ1) is 11.1. The molecule has 2 rings (SSSR count). The number of hydrogen-bond acceptors (Lipinski definition) is 4. The molecule has 3 nitrogen and oxygen atoms in total. The summed E-state index contributed by atoms with van der Waals surface area (Å²) < 4.78 is 5.13. The van der Waals surface area contributed by atoms with Crippen LogP contribution >= 0.6 is 11.3 Å². The minimum atomic E-state index is -0.673. The Bertz CT molecular complexity index is 481. The Morgan fingerprint density at radius 3 is 2.94 bits per heavy atom. The maximum atomic E-state index is 10.2. The van der Waals surface area contributed by atoms with E-state index >= 15 is 0 Å². The molecular weight excluding hydrogens is 222 g/mol. The van der Waals surface area contributed by atoms with E-state index in [9.17, 15) is 5.11 Å². The highest BCUT2D eigenvalue weighted by Crippen LogP contribution is 2.30. The zero-order valence-corrected chi connectivity index (χ0v) is 9.99. The van der Waals surface area contributed by atoms with E-state index in [1.165, 1.54) is 4.88 Å². The summed E-state index contributed by atoms with van der Waals surface area (Å²) in [6, 6.07) is 5.59. The first-order valence-electron chi connectivity index (χ1n) is 4.94. The Hall–Kier alpha value is -1.39. The van der Waals surface area contributed by atoms with Gasteiger partial charge in [0.2, 0.25) is 5.88 Å². The van der Waals surface area contributed by atoms with E-state index in [4.69, 9.17) is 4.74 Å². The van der Waals surface area contributed by atoms with Crippen molar-refractivity contribution >= 4 is 11.3 Å². The Morgan fingerprint density at radius 1 is 1.50 bits per heavy atom. The normalized spacial score (nSPS) is 12.4. The number of ether oxygens (including phenoxy) is 1. The Kier molecular flexibility index (Phi) is 3.22. The van der Waals surface area contributed by atoms with E-state index in [2.05, 4.69) is 4.98 Å². The molecule has 0 aliphatic carbocycles. The second-order valence-electron chi connectivity index (χ2n) is 3.50. The third-order valence-corrected chi connectivity index (χ3v) is 3.23. The van der Waals surface area contributed by atoms with E-state index in [1.54, 1.807) is 30.7 Å². The Balaban J connectivity index is 2.36. The molecule has 2 aromatic rings. The molecule has 0 aliphatic heterocycles. The van der Waals surface area contributed by atoms with Gasteiger partial charge in [-0.3, -0.25) is 0 Å². The van der Waals surface area contributed by atoms with Crippen molar-refractivity contribution in [1.29, 1.82) is 0 Å². The molecule has 1 N–H and O–H groups in total. The molecule has 0 spiro atoms. The molecule has 0 aromatic carbocycles. The predicted octanol–water partition coefficient (Wildman–Crippen LogP) is 2.54. The van der Waals surface area contributed by atoms with Crippen LogP contribution in [0.2, 0.25) is 0 Å². The van der Waals surface area contributed by atoms with E-state index < -0.39 is 6.10 Å². The SMILES string of the molecule is COc1ncccc1C(O)c1csc(C)c1. The number of thiophene rings is 1. The van der Waals surface area contributed by atoms with Gasteiger partial charge in [0, 0.05) is 16.6 Å². The van der Waals surface area contributed by atoms with Crippen molar-refractivity contribution in [3.8, 4) is 5.88 Å². The maximum Gasteiger partial charge on any atom is 0.219 e. The van der Waals surface area contributed by atoms with Crippen LogP contribution in [0, 0.1) is 6.92 Å². The van der Waals surface area contributed by atoms with Crippen molar-refractivity contribution in [3.05, 3.63) is 45.8 Å². The first-order chi connectivity index (χ1) is 7.72. The molecular formula is C12H13NO2S. The molecule has 0 aliphatic rings. The van der Waals surface area contributed by atoms with Crippen molar-refractivity contribution < 1.29 is 9.84 Å². The highest BCUT2D eigenvalue weighted by molar-refractivity contribution is 7.10. The van der Waals surface area contributed by atoms with Gasteiger partial charge in [0.05, 0.1) is 7.11 Å². The summed E-state index contributed by atoms with van der Waals surface area (Å²) in [4.78, 5) is 5.25. The number of aliphatic hydroxyl groups is 1. The van der Waals surface area contributed by atoms with Gasteiger partial charge in [-0.15, -0.1) is 11.3 Å². The lowest BCUT2D eigenvalue weighted by Gasteiger charge is -2.12. The fourth-order valence-electron chi connectivity index (χ4n) is 1.57. The standard InChI is InChI=1S/C12H13NO2S/c1-8-6-9(7-16-8)11(14)10-4-3-5-13-12(10)15-2/h3-7,11,14H,1-2H3. The number of pyridine rings is 1. The molecule has 0 saturated heterocycles. The van der Waals surface area contributed by atoms with Gasteiger partial charge in [-0.05, 0) is 36.1 Å². The van der Waals surface area contributed by atoms with Crippen LogP contribution in [0.3, 0.4) is 0 Å². The average molecular weight is 235 g/mol. The first-order valence-corrected chi connectivity index (χ1v) is 5.82. The zero-order chi connectivity index (χ0) is 11.5. The fourth-order valence-corrected chi connectivity index (χ4v) is 2.29. The summed E-state index contributed by atoms with van der Waals surface area (Å²) in [5.74, 6) is 0.471. The molecule has 84 valence electrons. The molecule has 4 heteroatoms. The van der Waals surface area contributed by atoms with Gasteiger partial charge < -0.3 is 9.84 Å². The Morgan fingerprint density at radius 2 is 2.31 bits per heavy atom. The van der Waals surface area contributed by atoms with Crippen LogP contribution in [0.4, 0.5) is 0 Å². The lowest BCUT2D eigenvalue weighted by atomic mass is 10.1. The van der Waals surface area contributed by atoms with Gasteiger partial charge in [-0.1, -0.05) is 0 Å². The lowest BCUT2D eigenvalue weighted by Crippen LogP contribution is -2.02. The van der Waals surface area contributed by atoms with E-state index in [1.807, 2.05) is 24.4 Å². The molecule has 2 heterocycles. The number of aryl methyl sites for hydroxylation is 1. The topological polar surface area (TPSA) is 42.4 Å². The third kappa shape index (κ3) is 2.08. The van der Waals surface area contributed by atoms with Crippen LogP contribution in [0.15, 0.2) is 29.8 Å². The molecule has 16 heavy (non-hydrogen) atoms. The smallest absolute Gasteiger partial charge is 0.219 e. The number of nitrogens with zero attached hydrogens (tertiary/aromatic N) is 1. The molecule has 1 atom stereocenters. The van der Waals surface area contributed by atoms with Gasteiger partial charge in [0.1, 0.15) is 6.10 Å². The molecule has 0 fully saturated rings. The second-order valence-corrected chi connectivity index (χ2v) is 4.61. The molecule has 0 amide bonds. The Labute approximate surface area is 98.4 Å². The van der Waals surface area contributed by atoms with Crippen molar-refractivity contribution in [2.45, 2.75) is 13.0 Å². The molecule has 0 radical (unpaired) electrons. The number of aliphatic hydroxyl groups excluding tert-OH is 1. The van der Waals surface area contributed by atoms with Crippen molar-refractivity contribution in [1.82, 2.24) is 4.98 Å². The van der Waals surface area contributed by atoms with Gasteiger partial charge in [-0.2, -0.15) is 0 Å². The van der Waals surface area contributed by atoms with E-state index in [0.717, 1.165) is 5.56 Å². The van der Waals surface area contributed by atoms with Gasteiger partial charge in [-0.25, -0.2) is 4.98 Å². The summed E-state index contributed by atoms with van der Waals surface area (Å²) in [6.45, 7) is 2.02. The van der Waals surface area contributed by atoms with E-state index in [0.29, 0.717) is 11.4 Å². The van der Waals surface area contributed by atoms with Crippen molar-refractivity contribution in [2.24, 2.45) is 0 Å². The van der Waals surface area contributed by atoms with Crippen LogP contribution < -0.4 is 4.74 Å². The zero-order valence-electron chi connectivity index (χ0n) is 9.18. The van der Waals surface area contributed by atoms with Crippen LogP contribution in [0.5, 0.6) is 5.88 Å². The van der Waals surface area contributed by atoms with Gasteiger partial charge in [0.25, 0.3) is 0 Å².